The zero-order valence-electron chi connectivity index (χ0n) is 30.1. The van der Waals surface area contributed by atoms with Crippen molar-refractivity contribution in [3.05, 3.63) is 81.9 Å². The van der Waals surface area contributed by atoms with E-state index < -0.39 is 5.63 Å². The van der Waals surface area contributed by atoms with E-state index in [2.05, 4.69) is 68.3 Å². The number of nitrogens with one attached hydrogen (secondary N) is 1. The quantitative estimate of drug-likeness (QED) is 0.139. The summed E-state index contributed by atoms with van der Waals surface area (Å²) in [5.74, 6) is -0.326. The van der Waals surface area contributed by atoms with E-state index in [4.69, 9.17) is 4.42 Å². The van der Waals surface area contributed by atoms with Crippen LogP contribution in [0.15, 0.2) is 57.9 Å². The van der Waals surface area contributed by atoms with E-state index in [0.29, 0.717) is 23.4 Å². The summed E-state index contributed by atoms with van der Waals surface area (Å²) < 4.78 is 25.4. The van der Waals surface area contributed by atoms with Crippen molar-refractivity contribution in [1.82, 2.24) is 24.8 Å². The maximum absolute atomic E-state index is 15.8. The minimum absolute atomic E-state index is 0.326. The number of aromatic nitrogens is 4. The van der Waals surface area contributed by atoms with Crippen molar-refractivity contribution in [3.8, 4) is 0 Å². The molecule has 2 aromatic carbocycles. The van der Waals surface area contributed by atoms with Crippen LogP contribution in [0.2, 0.25) is 0 Å². The number of rotatable bonds is 13. The lowest BCUT2D eigenvalue weighted by molar-refractivity contribution is -0.646. The third-order valence-corrected chi connectivity index (χ3v) is 9.59. The van der Waals surface area contributed by atoms with Gasteiger partial charge in [-0.25, -0.2) is 9.18 Å². The summed E-state index contributed by atoms with van der Waals surface area (Å²) in [6.45, 7) is 11.5. The summed E-state index contributed by atoms with van der Waals surface area (Å²) in [4.78, 5) is 22.1. The number of aryl methyl sites for hydroxylation is 2. The Morgan fingerprint density at radius 2 is 1.82 bits per heavy atom. The standard InChI is InChI=1S/C38H48FN9O2/c1-7-46(8-2)31-13-10-27-20-28(38(49)50-37(27)22-31)11-12-30-21-36(47-18-16-44(5)17-19-47)32-23-33(39)34(24-35(32)45(30)6)40-25-29-26-48(42-41-29)15-9-14-43(3)4/h10-13,20-24,26H,7-9,14-19,25H2,1-6H3/p+1/b12-11+. The molecule has 1 aliphatic heterocycles. The molecule has 1 fully saturated rings. The van der Waals surface area contributed by atoms with Crippen LogP contribution in [0.4, 0.5) is 21.5 Å². The summed E-state index contributed by atoms with van der Waals surface area (Å²) in [7, 11) is 8.18. The molecule has 1 aliphatic rings. The lowest BCUT2D eigenvalue weighted by Gasteiger charge is -2.34. The van der Waals surface area contributed by atoms with Gasteiger partial charge in [-0.15, -0.1) is 5.10 Å². The van der Waals surface area contributed by atoms with Crippen LogP contribution in [0, 0.1) is 5.82 Å². The van der Waals surface area contributed by atoms with Gasteiger partial charge in [-0.1, -0.05) is 5.21 Å². The minimum atomic E-state index is -0.392. The molecule has 0 unspecified atom stereocenters. The third-order valence-electron chi connectivity index (χ3n) is 9.59. The van der Waals surface area contributed by atoms with E-state index in [9.17, 15) is 4.79 Å². The highest BCUT2D eigenvalue weighted by Gasteiger charge is 2.24. The third kappa shape index (κ3) is 7.81. The van der Waals surface area contributed by atoms with Gasteiger partial charge < -0.3 is 29.3 Å². The molecule has 1 saturated heterocycles. The summed E-state index contributed by atoms with van der Waals surface area (Å²) >= 11 is 0. The Morgan fingerprint density at radius 3 is 2.56 bits per heavy atom. The summed E-state index contributed by atoms with van der Waals surface area (Å²) in [6, 6.07) is 13.4. The predicted octanol–water partition coefficient (Wildman–Crippen LogP) is 4.83. The van der Waals surface area contributed by atoms with Crippen molar-refractivity contribution < 1.29 is 13.4 Å². The monoisotopic (exact) mass is 682 g/mol. The topological polar surface area (TPSA) is 89.8 Å². The van der Waals surface area contributed by atoms with Crippen LogP contribution in [0.25, 0.3) is 34.0 Å². The Kier molecular flexibility index (Phi) is 10.8. The molecule has 5 aromatic rings. The van der Waals surface area contributed by atoms with Gasteiger partial charge in [-0.2, -0.15) is 4.57 Å². The number of benzene rings is 2. The Morgan fingerprint density at radius 1 is 1.04 bits per heavy atom. The number of fused-ring (bicyclic) bond motifs is 2. The average molecular weight is 683 g/mol. The van der Waals surface area contributed by atoms with Crippen LogP contribution in [0.3, 0.4) is 0 Å². The minimum Gasteiger partial charge on any atom is -0.422 e. The van der Waals surface area contributed by atoms with Gasteiger partial charge in [-0.05, 0) is 78.3 Å². The molecule has 0 saturated carbocycles. The zero-order chi connectivity index (χ0) is 35.4. The number of nitrogens with zero attached hydrogens (tertiary/aromatic N) is 8. The van der Waals surface area contributed by atoms with Gasteiger partial charge in [0.1, 0.15) is 24.1 Å². The highest BCUT2D eigenvalue weighted by molar-refractivity contribution is 5.93. The van der Waals surface area contributed by atoms with Gasteiger partial charge in [0, 0.05) is 81.2 Å². The molecule has 12 heteroatoms. The molecular weight excluding hydrogens is 633 g/mol. The fraction of sp³-hybridized carbons (Fsp3) is 0.421. The number of halogens is 1. The summed E-state index contributed by atoms with van der Waals surface area (Å²) in [5.41, 5.74) is 5.51. The van der Waals surface area contributed by atoms with Gasteiger partial charge in [0.05, 0.1) is 35.1 Å². The highest BCUT2D eigenvalue weighted by atomic mass is 19.1. The van der Waals surface area contributed by atoms with Gasteiger partial charge >= 0.3 is 5.63 Å². The first kappa shape index (κ1) is 35.0. The van der Waals surface area contributed by atoms with Crippen molar-refractivity contribution >= 4 is 51.1 Å². The molecule has 0 aliphatic carbocycles. The molecule has 3 aromatic heterocycles. The summed E-state index contributed by atoms with van der Waals surface area (Å²) in [6.07, 6.45) is 6.62. The Hall–Kier alpha value is -4.81. The molecular formula is C38H49FN9O2+. The largest absolute Gasteiger partial charge is 0.422 e. The molecule has 1 N–H and O–H groups in total. The van der Waals surface area contributed by atoms with Crippen molar-refractivity contribution in [2.24, 2.45) is 7.05 Å². The van der Waals surface area contributed by atoms with E-state index in [0.717, 1.165) is 97.8 Å². The van der Waals surface area contributed by atoms with E-state index in [1.807, 2.05) is 73.0 Å². The number of hydrogen-bond acceptors (Lipinski definition) is 9. The Labute approximate surface area is 293 Å². The molecule has 0 bridgehead atoms. The van der Waals surface area contributed by atoms with E-state index >= 15 is 4.39 Å². The molecule has 0 radical (unpaired) electrons. The van der Waals surface area contributed by atoms with Crippen LogP contribution in [0.1, 0.15) is 37.2 Å². The van der Waals surface area contributed by atoms with E-state index in [-0.39, 0.29) is 5.82 Å². The molecule has 4 heterocycles. The molecule has 6 rings (SSSR count). The fourth-order valence-corrected chi connectivity index (χ4v) is 6.56. The second-order valence-electron chi connectivity index (χ2n) is 13.4. The Balaban J connectivity index is 1.32. The van der Waals surface area contributed by atoms with Gasteiger partial charge in [0.2, 0.25) is 11.2 Å². The van der Waals surface area contributed by atoms with Crippen molar-refractivity contribution in [2.45, 2.75) is 33.4 Å². The normalized spacial score (nSPS) is 14.1. The predicted molar refractivity (Wildman–Crippen MR) is 200 cm³/mol. The maximum atomic E-state index is 15.8. The molecule has 0 amide bonds. The van der Waals surface area contributed by atoms with Crippen LogP contribution in [-0.2, 0) is 20.1 Å². The SMILES string of the molecule is CCN(CC)c1ccc2cc(/C=C/c3cc(N4CCN(C)CC4)c4cc(F)c(NCc5cn(CCCN(C)C)nn5)cc4[n+]3C)c(=O)oc2c1. The second-order valence-corrected chi connectivity index (χ2v) is 13.4. The van der Waals surface area contributed by atoms with Crippen LogP contribution >= 0.6 is 0 Å². The number of anilines is 3. The van der Waals surface area contributed by atoms with Crippen LogP contribution in [0.5, 0.6) is 0 Å². The fourth-order valence-electron chi connectivity index (χ4n) is 6.56. The van der Waals surface area contributed by atoms with Crippen molar-refractivity contribution in [2.75, 3.05) is 82.1 Å². The first-order chi connectivity index (χ1) is 24.1. The lowest BCUT2D eigenvalue weighted by Crippen LogP contribution is -2.45. The first-order valence-electron chi connectivity index (χ1n) is 17.5. The number of likely N-dealkylation sites (N-methyl/N-ethyl adjacent to an activating group) is 1. The second kappa shape index (κ2) is 15.4. The molecule has 0 spiro atoms. The molecule has 11 nitrogen and oxygen atoms in total. The first-order valence-corrected chi connectivity index (χ1v) is 17.5. The molecule has 50 heavy (non-hydrogen) atoms. The van der Waals surface area contributed by atoms with Gasteiger partial charge in [-0.3, -0.25) is 4.68 Å². The molecule has 0 atom stereocenters. The highest BCUT2D eigenvalue weighted by Crippen LogP contribution is 2.31. The lowest BCUT2D eigenvalue weighted by atomic mass is 10.1. The van der Waals surface area contributed by atoms with Crippen LogP contribution < -0.4 is 25.3 Å². The maximum Gasteiger partial charge on any atom is 0.343 e. The number of piperazine rings is 1. The number of pyridine rings is 1. The Bertz CT molecular complexity index is 2040. The summed E-state index contributed by atoms with van der Waals surface area (Å²) in [5, 5.41) is 13.5. The van der Waals surface area contributed by atoms with Crippen LogP contribution in [-0.4, -0.2) is 91.8 Å². The van der Waals surface area contributed by atoms with E-state index in [1.54, 1.807) is 6.07 Å². The van der Waals surface area contributed by atoms with Crippen molar-refractivity contribution in [3.63, 3.8) is 0 Å². The van der Waals surface area contributed by atoms with Crippen molar-refractivity contribution in [1.29, 1.82) is 0 Å². The zero-order valence-corrected chi connectivity index (χ0v) is 30.1. The average Bonchev–Trinajstić information content (AvgIpc) is 3.55. The number of hydrogen-bond donors (Lipinski definition) is 1. The smallest absolute Gasteiger partial charge is 0.343 e. The molecule has 264 valence electrons. The van der Waals surface area contributed by atoms with Gasteiger partial charge in [0.15, 0.2) is 0 Å². The van der Waals surface area contributed by atoms with E-state index in [1.165, 1.54) is 0 Å². The van der Waals surface area contributed by atoms with Gasteiger partial charge in [0.25, 0.3) is 0 Å².